The van der Waals surface area contributed by atoms with E-state index in [2.05, 4.69) is 19.3 Å². The van der Waals surface area contributed by atoms with Crippen LogP contribution in [0.4, 0.5) is 0 Å². The summed E-state index contributed by atoms with van der Waals surface area (Å²) < 4.78 is 4.01. The van der Waals surface area contributed by atoms with E-state index in [1.807, 2.05) is 0 Å². The Morgan fingerprint density at radius 2 is 2.33 bits per heavy atom. The van der Waals surface area contributed by atoms with Crippen molar-refractivity contribution < 1.29 is 44.2 Å². The van der Waals surface area contributed by atoms with Crippen molar-refractivity contribution in [1.29, 1.82) is 0 Å². The summed E-state index contributed by atoms with van der Waals surface area (Å²) in [6.45, 7) is 1.73. The Balaban J connectivity index is 0.00000121. The van der Waals surface area contributed by atoms with Crippen LogP contribution in [0.15, 0.2) is 5.03 Å². The van der Waals surface area contributed by atoms with Gasteiger partial charge in [0.1, 0.15) is 11.0 Å². The van der Waals surface area contributed by atoms with Crippen LogP contribution in [0.5, 0.6) is 0 Å². The molecule has 1 aromatic rings. The van der Waals surface area contributed by atoms with Crippen LogP contribution in [0, 0.1) is 6.92 Å². The van der Waals surface area contributed by atoms with E-state index in [1.54, 1.807) is 6.92 Å². The first kappa shape index (κ1) is 12.7. The maximum atomic E-state index is 9.40. The molecule has 0 atom stereocenters. The number of halogens is 1. The van der Waals surface area contributed by atoms with E-state index in [1.165, 1.54) is 0 Å². The van der Waals surface area contributed by atoms with Gasteiger partial charge in [0.25, 0.3) is 0 Å². The summed E-state index contributed by atoms with van der Waals surface area (Å²) in [6, 6.07) is 0. The molecule has 0 aliphatic carbocycles. The number of aromatic amines is 1. The van der Waals surface area contributed by atoms with Gasteiger partial charge in [0.2, 0.25) is 0 Å². The second-order valence-electron chi connectivity index (χ2n) is 1.66. The normalized spacial score (nSPS) is 9.58. The van der Waals surface area contributed by atoms with Gasteiger partial charge in [-0.2, -0.15) is 4.33 Å². The number of hydrogen-bond donors (Lipinski definition) is 1. The topological polar surface area (TPSA) is 70.2 Å². The predicted molar refractivity (Wildman–Crippen MR) is 36.4 cm³/mol. The number of imidazole rings is 1. The van der Waals surface area contributed by atoms with Crippen molar-refractivity contribution in [3.63, 3.8) is 0 Å². The van der Waals surface area contributed by atoms with Crippen LogP contribution in [0.2, 0.25) is 5.15 Å². The maximum absolute atomic E-state index is 9.40. The molecule has 0 bridgehead atoms. The zero-order valence-electron chi connectivity index (χ0n) is 6.46. The van der Waals surface area contributed by atoms with Gasteiger partial charge in [-0.25, -0.2) is 4.98 Å². The molecule has 0 aliphatic heterocycles. The zero-order chi connectivity index (χ0) is 8.27. The smallest absolute Gasteiger partial charge is 0.691 e. The molecule has 12 heavy (non-hydrogen) atoms. The Labute approximate surface area is 100 Å². The Hall–Kier alpha value is 0.730. The third kappa shape index (κ3) is 3.63. The van der Waals surface area contributed by atoms with Crippen LogP contribution in [-0.2, 0) is 9.37 Å². The molecule has 0 aliphatic rings. The van der Waals surface area contributed by atoms with Crippen molar-refractivity contribution in [1.82, 2.24) is 9.97 Å². The summed E-state index contributed by atoms with van der Waals surface area (Å²) in [5.41, 5.74) is 0. The van der Waals surface area contributed by atoms with E-state index in [0.29, 0.717) is 28.0 Å². The molecule has 5 nitrogen and oxygen atoms in total. The number of nitrogens with one attached hydrogen (secondary N) is 1. The van der Waals surface area contributed by atoms with E-state index in [-0.39, 0.29) is 29.6 Å². The Bertz CT molecular complexity index is 246. The van der Waals surface area contributed by atoms with Gasteiger partial charge in [-0.1, -0.05) is 11.6 Å². The third-order valence-electron chi connectivity index (χ3n) is 0.888. The van der Waals surface area contributed by atoms with E-state index in [9.17, 15) is 5.26 Å². The Morgan fingerprint density at radius 1 is 1.67 bits per heavy atom. The van der Waals surface area contributed by atoms with Crippen molar-refractivity contribution in [3.8, 4) is 0 Å². The molecule has 0 unspecified atom stereocenters. The molecule has 1 heterocycles. The van der Waals surface area contributed by atoms with Gasteiger partial charge in [0, 0.05) is 0 Å². The summed E-state index contributed by atoms with van der Waals surface area (Å²) in [5.74, 6) is 0.645. The fraction of sp³-hybridized carbons (Fsp3) is 0.250. The van der Waals surface area contributed by atoms with E-state index in [4.69, 9.17) is 11.6 Å². The second-order valence-corrected chi connectivity index (χ2v) is 2.73. The van der Waals surface area contributed by atoms with Crippen LogP contribution in [0.1, 0.15) is 5.82 Å². The molecule has 0 saturated carbocycles. The summed E-state index contributed by atoms with van der Waals surface area (Å²) in [5, 5.41) is 13.2. The molecule has 0 radical (unpaired) electrons. The average molecular weight is 219 g/mol. The van der Waals surface area contributed by atoms with Gasteiger partial charge in [0.15, 0.2) is 5.03 Å². The van der Waals surface area contributed by atoms with Gasteiger partial charge < -0.3 is 10.2 Å². The molecule has 0 amide bonds. The van der Waals surface area contributed by atoms with E-state index in [0.717, 1.165) is 0 Å². The number of aryl methyl sites for hydroxylation is 1. The van der Waals surface area contributed by atoms with Crippen LogP contribution < -0.4 is 34.8 Å². The Morgan fingerprint density at radius 3 is 2.75 bits per heavy atom. The molecule has 0 fully saturated rings. The molecular formula is C4H4ClN2NaO3S. The minimum Gasteiger partial charge on any atom is -0.691 e. The largest absolute Gasteiger partial charge is 1.00 e. The SMILES string of the molecule is Cc1nc(SOO[O-])c(Cl)[nH]1.[Na+]. The first-order chi connectivity index (χ1) is 5.24. The van der Waals surface area contributed by atoms with E-state index >= 15 is 0 Å². The minimum atomic E-state index is 0. The zero-order valence-corrected chi connectivity index (χ0v) is 10.0. The summed E-state index contributed by atoms with van der Waals surface area (Å²) >= 11 is 6.26. The second kappa shape index (κ2) is 6.22. The van der Waals surface area contributed by atoms with Gasteiger partial charge in [-0.05, 0) is 6.92 Å². The quantitative estimate of drug-likeness (QED) is 0.265. The molecule has 0 saturated heterocycles. The summed E-state index contributed by atoms with van der Waals surface area (Å²) in [7, 11) is 0. The minimum absolute atomic E-state index is 0. The molecular weight excluding hydrogens is 215 g/mol. The van der Waals surface area contributed by atoms with Crippen molar-refractivity contribution in [3.05, 3.63) is 11.0 Å². The van der Waals surface area contributed by atoms with Gasteiger partial charge >= 0.3 is 29.6 Å². The van der Waals surface area contributed by atoms with Gasteiger partial charge in [0.05, 0.1) is 12.0 Å². The van der Waals surface area contributed by atoms with Crippen LogP contribution in [0.3, 0.4) is 0 Å². The molecule has 8 heteroatoms. The maximum Gasteiger partial charge on any atom is 1.00 e. The molecule has 0 spiro atoms. The first-order valence-corrected chi connectivity index (χ1v) is 3.71. The molecule has 1 N–H and O–H groups in total. The predicted octanol–water partition coefficient (Wildman–Crippen LogP) is -2.39. The molecule has 0 aromatic carbocycles. The standard InChI is InChI=1S/C4H5ClN2O3S.Na/c1-2-6-3(5)4(7-2)11-10-9-8;/h8H,1H3,(H,6,7);/q;+1/p-1. The van der Waals surface area contributed by atoms with E-state index < -0.39 is 0 Å². The van der Waals surface area contributed by atoms with Crippen molar-refractivity contribution in [2.24, 2.45) is 0 Å². The molecule has 1 rings (SSSR count). The fourth-order valence-electron chi connectivity index (χ4n) is 0.543. The third-order valence-corrected chi connectivity index (χ3v) is 1.85. The van der Waals surface area contributed by atoms with Crippen LogP contribution in [-0.4, -0.2) is 9.97 Å². The van der Waals surface area contributed by atoms with Crippen molar-refractivity contribution in [2.75, 3.05) is 0 Å². The summed E-state index contributed by atoms with van der Waals surface area (Å²) in [4.78, 5) is 6.59. The average Bonchev–Trinajstić information content (AvgIpc) is 2.26. The van der Waals surface area contributed by atoms with Crippen molar-refractivity contribution in [2.45, 2.75) is 11.9 Å². The number of rotatable bonds is 3. The number of aromatic nitrogens is 2. The molecule has 62 valence electrons. The Kier molecular flexibility index (Phi) is 6.60. The summed E-state index contributed by atoms with van der Waals surface area (Å²) in [6.07, 6.45) is 0. The monoisotopic (exact) mass is 218 g/mol. The van der Waals surface area contributed by atoms with Crippen LogP contribution >= 0.6 is 23.6 Å². The number of H-pyrrole nitrogens is 1. The van der Waals surface area contributed by atoms with Gasteiger partial charge in [-0.3, -0.25) is 5.04 Å². The van der Waals surface area contributed by atoms with Crippen molar-refractivity contribution >= 4 is 23.6 Å². The fourth-order valence-corrected chi connectivity index (χ4v) is 1.21. The van der Waals surface area contributed by atoms with Crippen LogP contribution in [0.25, 0.3) is 0 Å². The molecule has 1 aromatic heterocycles. The van der Waals surface area contributed by atoms with Gasteiger partial charge in [-0.15, -0.1) is 0 Å². The first-order valence-electron chi connectivity index (χ1n) is 2.59. The number of hydrogen-bond acceptors (Lipinski definition) is 5. The number of nitrogens with zero attached hydrogens (tertiary/aromatic N) is 1.